The number of alkyl halides is 1. The minimum absolute atomic E-state index is 0.0500. The number of carbonyl (C=O) groups excluding carboxylic acids is 2. The second-order valence-corrected chi connectivity index (χ2v) is 10.3. The van der Waals surface area contributed by atoms with Crippen LogP contribution in [0.15, 0.2) is 35.4 Å². The predicted octanol–water partition coefficient (Wildman–Crippen LogP) is 0.282. The molecule has 3 atom stereocenters. The quantitative estimate of drug-likeness (QED) is 0.116. The number of fused-ring (bicyclic) bond motifs is 2. The largest absolute Gasteiger partial charge is 0.388 e. The molecule has 17 heteroatoms. The zero-order valence-electron chi connectivity index (χ0n) is 24.6. The molecule has 0 radical (unpaired) electrons. The third-order valence-corrected chi connectivity index (χ3v) is 7.41. The first kappa shape index (κ1) is 32.5. The van der Waals surface area contributed by atoms with Crippen LogP contribution in [0.3, 0.4) is 0 Å². The summed E-state index contributed by atoms with van der Waals surface area (Å²) in [6.45, 7) is 4.00. The van der Waals surface area contributed by atoms with Crippen LogP contribution >= 0.6 is 0 Å². The minimum atomic E-state index is -3.58. The Labute approximate surface area is 250 Å². The fourth-order valence-corrected chi connectivity index (χ4v) is 5.36. The molecule has 238 valence electrons. The molecule has 0 spiro atoms. The van der Waals surface area contributed by atoms with Crippen LogP contribution in [0.4, 0.5) is 16.0 Å². The summed E-state index contributed by atoms with van der Waals surface area (Å²) in [4.78, 5) is 44.8. The summed E-state index contributed by atoms with van der Waals surface area (Å²) in [6, 6.07) is 3.16. The van der Waals surface area contributed by atoms with Gasteiger partial charge in [0, 0.05) is 38.1 Å². The molecule has 7 N–H and O–H groups in total. The van der Waals surface area contributed by atoms with Gasteiger partial charge >= 0.3 is 11.8 Å². The van der Waals surface area contributed by atoms with Gasteiger partial charge in [0.25, 0.3) is 0 Å². The number of halogens is 1. The molecule has 2 fully saturated rings. The maximum Gasteiger partial charge on any atom is 0.377 e. The van der Waals surface area contributed by atoms with Crippen LogP contribution in [0.2, 0.25) is 0 Å². The Morgan fingerprint density at radius 1 is 1.16 bits per heavy atom. The summed E-state index contributed by atoms with van der Waals surface area (Å²) < 4.78 is 22.1. The molecular weight excluding hydrogens is 581 g/mol. The number of hydrogen-bond acceptors (Lipinski definition) is 11. The number of hydrogen-bond donors (Lipinski definition) is 6. The van der Waals surface area contributed by atoms with Crippen molar-refractivity contribution >= 4 is 46.0 Å². The lowest BCUT2D eigenvalue weighted by atomic mass is 10.2. The van der Waals surface area contributed by atoms with Gasteiger partial charge in [-0.3, -0.25) is 14.2 Å². The number of methoxy groups -OCH3 is 1. The zero-order chi connectivity index (χ0) is 32.4. The molecule has 4 heterocycles. The van der Waals surface area contributed by atoms with Crippen LogP contribution in [-0.4, -0.2) is 83.0 Å². The lowest BCUT2D eigenvalue weighted by Crippen LogP contribution is -2.42. The topological polar surface area (TPSA) is 225 Å². The van der Waals surface area contributed by atoms with Crippen molar-refractivity contribution in [3.63, 3.8) is 0 Å². The van der Waals surface area contributed by atoms with Gasteiger partial charge in [-0.1, -0.05) is 13.8 Å². The average molecular weight is 618 g/mol. The average Bonchev–Trinajstić information content (AvgIpc) is 3.42. The molecule has 2 amide bonds. The lowest BCUT2D eigenvalue weighted by molar-refractivity contribution is -0.374. The highest BCUT2D eigenvalue weighted by Crippen LogP contribution is 2.44. The van der Waals surface area contributed by atoms with Crippen molar-refractivity contribution in [2.75, 3.05) is 19.5 Å². The molecule has 0 aromatic carbocycles. The Hall–Kier alpha value is -4.45. The highest BCUT2D eigenvalue weighted by molar-refractivity contribution is 5.88. The van der Waals surface area contributed by atoms with Crippen LogP contribution < -0.4 is 22.1 Å². The Bertz CT molecular complexity index is 1710. The fraction of sp³-hybridized carbons (Fsp3) is 0.481. The molecule has 44 heavy (non-hydrogen) atoms. The van der Waals surface area contributed by atoms with Gasteiger partial charge in [-0.15, -0.1) is 0 Å². The molecule has 6 rings (SSSR count). The molecule has 0 bridgehead atoms. The number of carbonyl (C=O) groups is 2. The van der Waals surface area contributed by atoms with Gasteiger partial charge in [0.1, 0.15) is 23.3 Å². The minimum Gasteiger partial charge on any atom is -0.388 e. The number of ether oxygens (including phenoxy) is 1. The summed E-state index contributed by atoms with van der Waals surface area (Å²) in [6.07, 6.45) is -0.874. The highest BCUT2D eigenvalue weighted by Gasteiger charge is 2.52. The second kappa shape index (κ2) is 12.7. The van der Waals surface area contributed by atoms with Crippen LogP contribution in [0.25, 0.3) is 22.1 Å². The van der Waals surface area contributed by atoms with E-state index in [1.807, 2.05) is 13.8 Å². The summed E-state index contributed by atoms with van der Waals surface area (Å²) in [7, 11) is 3.25. The Morgan fingerprint density at radius 3 is 2.43 bits per heavy atom. The van der Waals surface area contributed by atoms with Crippen LogP contribution in [-0.2, 0) is 26.0 Å². The lowest BCUT2D eigenvalue weighted by Gasteiger charge is -2.16. The summed E-state index contributed by atoms with van der Waals surface area (Å²) >= 11 is 0. The number of primary amides is 1. The van der Waals surface area contributed by atoms with Gasteiger partial charge in [-0.25, -0.2) is 28.4 Å². The van der Waals surface area contributed by atoms with E-state index in [1.54, 1.807) is 32.5 Å². The molecule has 0 saturated heterocycles. The van der Waals surface area contributed by atoms with Gasteiger partial charge in [-0.2, -0.15) is 5.10 Å². The zero-order valence-corrected chi connectivity index (χ0v) is 24.6. The molecule has 4 aromatic rings. The number of nitrogens with two attached hydrogens (primary N) is 1. The number of pyridine rings is 2. The van der Waals surface area contributed by atoms with E-state index in [0.717, 1.165) is 10.8 Å². The van der Waals surface area contributed by atoms with Crippen molar-refractivity contribution in [2.24, 2.45) is 5.73 Å². The number of imidazole rings is 1. The van der Waals surface area contributed by atoms with Crippen LogP contribution in [0.5, 0.6) is 0 Å². The van der Waals surface area contributed by atoms with Crippen molar-refractivity contribution in [2.45, 2.75) is 69.4 Å². The first-order valence-electron chi connectivity index (χ1n) is 13.9. The van der Waals surface area contributed by atoms with Gasteiger partial charge in [0.05, 0.1) is 29.5 Å². The molecule has 4 aromatic heterocycles. The standard InChI is InChI=1S/C23H24FN9O6.C2H6O.C2H6/c24-13-5-12(27-10-34)6-14(13)31-15-7-18(26-9-16(15)32(21(31)36)23(37,38)39)29-17-2-1-11-8-28-33(19(11)30-17)22(3-4-22)20(25)35;1-3-2;1-2/h1-2,7-10,12-14,37-39H,3-6H2,(H2,25,35)(H,27,34)(H,26,29,30);1-2H3;1-2H3. The van der Waals surface area contributed by atoms with Crippen molar-refractivity contribution in [3.8, 4) is 0 Å². The Morgan fingerprint density at radius 2 is 1.84 bits per heavy atom. The van der Waals surface area contributed by atoms with E-state index in [-0.39, 0.29) is 34.3 Å². The van der Waals surface area contributed by atoms with Crippen molar-refractivity contribution in [3.05, 3.63) is 41.1 Å². The maximum atomic E-state index is 15.0. The molecule has 2 aliphatic rings. The van der Waals surface area contributed by atoms with Crippen LogP contribution in [0.1, 0.15) is 45.6 Å². The summed E-state index contributed by atoms with van der Waals surface area (Å²) in [5.74, 6) is -0.0265. The molecule has 2 aliphatic carbocycles. The second-order valence-electron chi connectivity index (χ2n) is 10.3. The number of amides is 2. The Kier molecular flexibility index (Phi) is 9.33. The molecule has 3 unspecified atom stereocenters. The van der Waals surface area contributed by atoms with Gasteiger partial charge in [0.2, 0.25) is 12.3 Å². The molecule has 16 nitrogen and oxygen atoms in total. The van der Waals surface area contributed by atoms with Crippen LogP contribution in [0, 0.1) is 0 Å². The Balaban J connectivity index is 0.000000834. The van der Waals surface area contributed by atoms with Crippen molar-refractivity contribution in [1.29, 1.82) is 0 Å². The number of aromatic nitrogens is 6. The SMILES string of the molecule is CC.COC.NC(=O)C1(n2ncc3ccc(Nc4cc5c(cn4)n(C(O)(O)O)c(=O)n5C4CC(NC=O)CC4F)nc32)CC1. The number of rotatable bonds is 8. The van der Waals surface area contributed by atoms with E-state index in [9.17, 15) is 29.7 Å². The first-order chi connectivity index (χ1) is 20.9. The molecular formula is C27H36FN9O7. The number of nitrogens with zero attached hydrogens (tertiary/aromatic N) is 6. The summed E-state index contributed by atoms with van der Waals surface area (Å²) in [5, 5.41) is 40.0. The fourth-order valence-electron chi connectivity index (χ4n) is 5.36. The van der Waals surface area contributed by atoms with E-state index in [0.29, 0.717) is 36.1 Å². The number of anilines is 2. The normalized spacial score (nSPS) is 20.3. The van der Waals surface area contributed by atoms with E-state index >= 15 is 4.39 Å². The van der Waals surface area contributed by atoms with Gasteiger partial charge < -0.3 is 36.4 Å². The third-order valence-electron chi connectivity index (χ3n) is 7.41. The van der Waals surface area contributed by atoms with E-state index in [1.165, 1.54) is 10.7 Å². The summed E-state index contributed by atoms with van der Waals surface area (Å²) in [5.41, 5.74) is 3.89. The monoisotopic (exact) mass is 617 g/mol. The van der Waals surface area contributed by atoms with Crippen molar-refractivity contribution in [1.82, 2.24) is 34.2 Å². The number of nitrogens with one attached hydrogen (secondary N) is 2. The number of aliphatic hydroxyl groups is 3. The first-order valence-corrected chi connectivity index (χ1v) is 13.9. The smallest absolute Gasteiger partial charge is 0.377 e. The van der Waals surface area contributed by atoms with Crippen molar-refractivity contribution < 1.29 is 34.0 Å². The van der Waals surface area contributed by atoms with E-state index in [2.05, 4.69) is 30.4 Å². The molecule has 2 saturated carbocycles. The maximum absolute atomic E-state index is 15.0. The molecule has 0 aliphatic heterocycles. The highest BCUT2D eigenvalue weighted by atomic mass is 19.1. The van der Waals surface area contributed by atoms with Gasteiger partial charge in [0.15, 0.2) is 5.65 Å². The van der Waals surface area contributed by atoms with E-state index < -0.39 is 41.5 Å². The van der Waals surface area contributed by atoms with E-state index in [4.69, 9.17) is 5.73 Å². The van der Waals surface area contributed by atoms with Gasteiger partial charge in [-0.05, 0) is 31.4 Å². The predicted molar refractivity (Wildman–Crippen MR) is 156 cm³/mol. The third kappa shape index (κ3) is 5.86.